The molecule has 0 atom stereocenters. The molecular weight excluding hydrogens is 226 g/mol. The molecule has 0 heterocycles. The maximum Gasteiger partial charge on any atom is 0.239 e. The van der Waals surface area contributed by atoms with Crippen LogP contribution in [0, 0.1) is 6.92 Å². The third-order valence-corrected chi connectivity index (χ3v) is 3.19. The van der Waals surface area contributed by atoms with Gasteiger partial charge in [-0.25, -0.2) is 0 Å². The second-order valence-electron chi connectivity index (χ2n) is 5.03. The zero-order valence-electron chi connectivity index (χ0n) is 11.1. The summed E-state index contributed by atoms with van der Waals surface area (Å²) < 4.78 is 0. The number of carbonyl (C=O) groups is 1. The summed E-state index contributed by atoms with van der Waals surface area (Å²) >= 11 is 0. The number of nitrogens with two attached hydrogens (primary N) is 1. The van der Waals surface area contributed by atoms with Crippen molar-refractivity contribution in [1.29, 1.82) is 0 Å². The normalized spacial score (nSPS) is 14.4. The van der Waals surface area contributed by atoms with Crippen molar-refractivity contribution in [2.24, 2.45) is 5.73 Å². The minimum absolute atomic E-state index is 0.0866. The zero-order valence-corrected chi connectivity index (χ0v) is 11.1. The topological polar surface area (TPSA) is 58.4 Å². The highest BCUT2D eigenvalue weighted by Gasteiger charge is 2.23. The van der Waals surface area contributed by atoms with Crippen molar-refractivity contribution in [3.8, 4) is 0 Å². The number of nitrogens with zero attached hydrogens (tertiary/aromatic N) is 1. The molecule has 1 fully saturated rings. The van der Waals surface area contributed by atoms with E-state index in [1.807, 2.05) is 31.0 Å². The van der Waals surface area contributed by atoms with Crippen molar-refractivity contribution in [2.75, 3.05) is 18.5 Å². The van der Waals surface area contributed by atoms with Crippen molar-refractivity contribution in [3.05, 3.63) is 29.3 Å². The number of likely N-dealkylation sites (N-methyl/N-ethyl adjacent to an activating group) is 1. The van der Waals surface area contributed by atoms with Gasteiger partial charge in [0.2, 0.25) is 5.91 Å². The van der Waals surface area contributed by atoms with Gasteiger partial charge in [0.15, 0.2) is 0 Å². The van der Waals surface area contributed by atoms with E-state index in [0.29, 0.717) is 19.1 Å². The lowest BCUT2D eigenvalue weighted by atomic mass is 10.1. The molecule has 1 amide bonds. The lowest BCUT2D eigenvalue weighted by Gasteiger charge is -2.22. The second kappa shape index (κ2) is 5.40. The molecule has 1 aliphatic carbocycles. The molecule has 3 N–H and O–H groups in total. The van der Waals surface area contributed by atoms with Crippen LogP contribution in [0.2, 0.25) is 0 Å². The maximum atomic E-state index is 11.8. The molecule has 2 rings (SSSR count). The second-order valence-corrected chi connectivity index (χ2v) is 5.03. The highest BCUT2D eigenvalue weighted by Crippen LogP contribution is 2.21. The minimum Gasteiger partial charge on any atom is -0.365 e. The minimum atomic E-state index is 0.0866. The fourth-order valence-electron chi connectivity index (χ4n) is 2.05. The Kier molecular flexibility index (Phi) is 3.87. The molecule has 1 saturated carbocycles. The number of anilines is 1. The van der Waals surface area contributed by atoms with E-state index in [9.17, 15) is 4.79 Å². The third kappa shape index (κ3) is 3.23. The van der Waals surface area contributed by atoms with Gasteiger partial charge in [0.05, 0.1) is 6.54 Å². The van der Waals surface area contributed by atoms with E-state index in [4.69, 9.17) is 5.73 Å². The summed E-state index contributed by atoms with van der Waals surface area (Å²) in [4.78, 5) is 13.7. The van der Waals surface area contributed by atoms with E-state index >= 15 is 0 Å². The van der Waals surface area contributed by atoms with E-state index in [1.54, 1.807) is 0 Å². The number of aryl methyl sites for hydroxylation is 1. The molecule has 4 nitrogen and oxygen atoms in total. The summed E-state index contributed by atoms with van der Waals surface area (Å²) in [5, 5.41) is 2.99. The Morgan fingerprint density at radius 2 is 2.22 bits per heavy atom. The molecule has 1 aromatic carbocycles. The standard InChI is InChI=1S/C14H21N3O/c1-10-3-6-13(11(7-10)8-15)17(2)9-14(18)16-12-4-5-12/h3,6-7,12H,4-5,8-9,15H2,1-2H3,(H,16,18). The van der Waals surface area contributed by atoms with Gasteiger partial charge >= 0.3 is 0 Å². The Morgan fingerprint density at radius 1 is 1.50 bits per heavy atom. The van der Waals surface area contributed by atoms with Gasteiger partial charge in [0.1, 0.15) is 0 Å². The summed E-state index contributed by atoms with van der Waals surface area (Å²) in [6.45, 7) is 2.92. The lowest BCUT2D eigenvalue weighted by molar-refractivity contribution is -0.119. The summed E-state index contributed by atoms with van der Waals surface area (Å²) in [7, 11) is 1.93. The molecule has 0 unspecified atom stereocenters. The predicted molar refractivity (Wildman–Crippen MR) is 73.5 cm³/mol. The molecule has 0 saturated heterocycles. The van der Waals surface area contributed by atoms with Crippen LogP contribution >= 0.6 is 0 Å². The van der Waals surface area contributed by atoms with Crippen LogP contribution in [0.25, 0.3) is 0 Å². The van der Waals surface area contributed by atoms with Crippen molar-refractivity contribution in [3.63, 3.8) is 0 Å². The summed E-state index contributed by atoms with van der Waals surface area (Å²) in [5.74, 6) is 0.0866. The molecule has 1 aliphatic rings. The highest BCUT2D eigenvalue weighted by molar-refractivity contribution is 5.82. The van der Waals surface area contributed by atoms with Crippen molar-refractivity contribution in [1.82, 2.24) is 5.32 Å². The number of benzene rings is 1. The average Bonchev–Trinajstić information content (AvgIpc) is 3.12. The van der Waals surface area contributed by atoms with Gasteiger partial charge in [-0.2, -0.15) is 0 Å². The van der Waals surface area contributed by atoms with Gasteiger partial charge < -0.3 is 16.0 Å². The fraction of sp³-hybridized carbons (Fsp3) is 0.500. The van der Waals surface area contributed by atoms with E-state index in [-0.39, 0.29) is 5.91 Å². The Hall–Kier alpha value is -1.55. The summed E-state index contributed by atoms with van der Waals surface area (Å²) in [6.07, 6.45) is 2.24. The Balaban J connectivity index is 2.02. The Labute approximate surface area is 108 Å². The monoisotopic (exact) mass is 247 g/mol. The number of hydrogen-bond donors (Lipinski definition) is 2. The first-order chi connectivity index (χ1) is 8.60. The molecule has 0 aromatic heterocycles. The van der Waals surface area contributed by atoms with Gasteiger partial charge in [0, 0.05) is 25.3 Å². The van der Waals surface area contributed by atoms with E-state index in [1.165, 1.54) is 5.56 Å². The number of nitrogens with one attached hydrogen (secondary N) is 1. The average molecular weight is 247 g/mol. The molecule has 0 radical (unpaired) electrons. The lowest BCUT2D eigenvalue weighted by Crippen LogP contribution is -2.36. The van der Waals surface area contributed by atoms with Gasteiger partial charge in [-0.1, -0.05) is 17.7 Å². The molecule has 0 spiro atoms. The van der Waals surface area contributed by atoms with Crippen LogP contribution in [0.4, 0.5) is 5.69 Å². The zero-order chi connectivity index (χ0) is 13.1. The van der Waals surface area contributed by atoms with Crippen LogP contribution < -0.4 is 16.0 Å². The molecule has 1 aromatic rings. The Bertz CT molecular complexity index is 441. The maximum absolute atomic E-state index is 11.8. The van der Waals surface area contributed by atoms with Crippen LogP contribution in [0.15, 0.2) is 18.2 Å². The predicted octanol–water partition coefficient (Wildman–Crippen LogP) is 1.17. The molecular formula is C14H21N3O. The Morgan fingerprint density at radius 3 is 2.83 bits per heavy atom. The molecule has 0 bridgehead atoms. The quantitative estimate of drug-likeness (QED) is 0.821. The van der Waals surface area contributed by atoms with E-state index in [0.717, 1.165) is 24.1 Å². The fourth-order valence-corrected chi connectivity index (χ4v) is 2.05. The van der Waals surface area contributed by atoms with Crippen LogP contribution in [-0.2, 0) is 11.3 Å². The first kappa shape index (κ1) is 12.9. The van der Waals surface area contributed by atoms with Crippen LogP contribution in [0.1, 0.15) is 24.0 Å². The summed E-state index contributed by atoms with van der Waals surface area (Å²) in [6, 6.07) is 6.56. The van der Waals surface area contributed by atoms with E-state index in [2.05, 4.69) is 11.4 Å². The van der Waals surface area contributed by atoms with Gasteiger partial charge in [0.25, 0.3) is 0 Å². The van der Waals surface area contributed by atoms with Crippen LogP contribution in [-0.4, -0.2) is 25.5 Å². The van der Waals surface area contributed by atoms with Gasteiger partial charge in [-0.3, -0.25) is 4.79 Å². The van der Waals surface area contributed by atoms with Crippen LogP contribution in [0.3, 0.4) is 0 Å². The van der Waals surface area contributed by atoms with Crippen LogP contribution in [0.5, 0.6) is 0 Å². The van der Waals surface area contributed by atoms with Crippen molar-refractivity contribution < 1.29 is 4.79 Å². The highest BCUT2D eigenvalue weighted by atomic mass is 16.2. The molecule has 18 heavy (non-hydrogen) atoms. The number of carbonyl (C=O) groups excluding carboxylic acids is 1. The number of amides is 1. The molecule has 98 valence electrons. The van der Waals surface area contributed by atoms with Crippen molar-refractivity contribution in [2.45, 2.75) is 32.4 Å². The number of hydrogen-bond acceptors (Lipinski definition) is 3. The van der Waals surface area contributed by atoms with Gasteiger partial charge in [-0.15, -0.1) is 0 Å². The summed E-state index contributed by atoms with van der Waals surface area (Å²) in [5.41, 5.74) is 9.06. The van der Waals surface area contributed by atoms with E-state index < -0.39 is 0 Å². The largest absolute Gasteiger partial charge is 0.365 e. The smallest absolute Gasteiger partial charge is 0.239 e. The molecule has 0 aliphatic heterocycles. The first-order valence-electron chi connectivity index (χ1n) is 6.40. The third-order valence-electron chi connectivity index (χ3n) is 3.19. The van der Waals surface area contributed by atoms with Crippen molar-refractivity contribution >= 4 is 11.6 Å². The first-order valence-corrected chi connectivity index (χ1v) is 6.40. The number of rotatable bonds is 5. The van der Waals surface area contributed by atoms with Gasteiger partial charge in [-0.05, 0) is 31.4 Å². The SMILES string of the molecule is Cc1ccc(N(C)CC(=O)NC2CC2)c(CN)c1. The molecule has 4 heteroatoms.